The van der Waals surface area contributed by atoms with Gasteiger partial charge in [-0.3, -0.25) is 4.79 Å². The molecule has 0 radical (unpaired) electrons. The zero-order chi connectivity index (χ0) is 11.3. The second kappa shape index (κ2) is 5.11. The highest BCUT2D eigenvalue weighted by Gasteiger charge is 2.11. The third kappa shape index (κ3) is 3.06. The summed E-state index contributed by atoms with van der Waals surface area (Å²) in [5.74, 6) is -0.893. The summed E-state index contributed by atoms with van der Waals surface area (Å²) in [5, 5.41) is 11.1. The molecule has 3 nitrogen and oxygen atoms in total. The third-order valence-corrected chi connectivity index (χ3v) is 1.96. The van der Waals surface area contributed by atoms with E-state index in [0.29, 0.717) is 6.42 Å². The molecule has 0 aromatic heterocycles. The van der Waals surface area contributed by atoms with Crippen molar-refractivity contribution in [1.29, 1.82) is 5.26 Å². The molecule has 0 aliphatic heterocycles. The number of hydrogen-bond donors (Lipinski definition) is 1. The minimum absolute atomic E-state index is 0.226. The molecule has 1 rings (SSSR count). The molecule has 1 aromatic carbocycles. The largest absolute Gasteiger partial charge is 0.336 e. The first-order valence-electron chi connectivity index (χ1n) is 4.63. The Balaban J connectivity index is 2.74. The summed E-state index contributed by atoms with van der Waals surface area (Å²) in [5.41, 5.74) is 0.226. The molecule has 0 aliphatic rings. The van der Waals surface area contributed by atoms with Crippen LogP contribution in [0.4, 0.5) is 4.39 Å². The summed E-state index contributed by atoms with van der Waals surface area (Å²) in [7, 11) is 0. The molecule has 1 amide bonds. The van der Waals surface area contributed by atoms with Gasteiger partial charge in [-0.15, -0.1) is 0 Å². The predicted molar refractivity (Wildman–Crippen MR) is 53.6 cm³/mol. The van der Waals surface area contributed by atoms with Crippen molar-refractivity contribution in [1.82, 2.24) is 5.32 Å². The highest BCUT2D eigenvalue weighted by Crippen LogP contribution is 2.03. The number of hydrogen-bond acceptors (Lipinski definition) is 2. The van der Waals surface area contributed by atoms with Crippen molar-refractivity contribution in [2.45, 2.75) is 19.4 Å². The van der Waals surface area contributed by atoms with E-state index in [1.54, 1.807) is 6.92 Å². The van der Waals surface area contributed by atoms with E-state index < -0.39 is 17.8 Å². The normalized spacial score (nSPS) is 11.5. The molecule has 1 atom stereocenters. The molecule has 1 unspecified atom stereocenters. The van der Waals surface area contributed by atoms with Crippen LogP contribution in [0.3, 0.4) is 0 Å². The summed E-state index contributed by atoms with van der Waals surface area (Å²) in [4.78, 5) is 11.5. The first kappa shape index (κ1) is 11.2. The molecule has 0 aliphatic carbocycles. The van der Waals surface area contributed by atoms with Gasteiger partial charge in [-0.25, -0.2) is 4.39 Å². The molecule has 4 heteroatoms. The Kier molecular flexibility index (Phi) is 3.81. The Morgan fingerprint density at radius 2 is 2.40 bits per heavy atom. The van der Waals surface area contributed by atoms with Gasteiger partial charge in [0.2, 0.25) is 0 Å². The highest BCUT2D eigenvalue weighted by molar-refractivity contribution is 5.94. The zero-order valence-corrected chi connectivity index (χ0v) is 8.33. The topological polar surface area (TPSA) is 52.9 Å². The maximum atomic E-state index is 12.8. The lowest BCUT2D eigenvalue weighted by atomic mass is 10.2. The van der Waals surface area contributed by atoms with Crippen LogP contribution in [-0.4, -0.2) is 11.9 Å². The molecule has 0 fully saturated rings. The maximum Gasteiger partial charge on any atom is 0.252 e. The van der Waals surface area contributed by atoms with E-state index in [0.717, 1.165) is 6.07 Å². The fraction of sp³-hybridized carbons (Fsp3) is 0.273. The van der Waals surface area contributed by atoms with Crippen molar-refractivity contribution < 1.29 is 9.18 Å². The number of nitriles is 1. The van der Waals surface area contributed by atoms with Gasteiger partial charge >= 0.3 is 0 Å². The Labute approximate surface area is 87.5 Å². The second-order valence-electron chi connectivity index (χ2n) is 3.07. The summed E-state index contributed by atoms with van der Waals surface area (Å²) in [6.45, 7) is 1.79. The highest BCUT2D eigenvalue weighted by atomic mass is 19.1. The number of carbonyl (C=O) groups excluding carboxylic acids is 1. The van der Waals surface area contributed by atoms with E-state index in [9.17, 15) is 9.18 Å². The fourth-order valence-electron chi connectivity index (χ4n) is 1.10. The molecule has 0 saturated carbocycles. The summed E-state index contributed by atoms with van der Waals surface area (Å²) < 4.78 is 12.8. The van der Waals surface area contributed by atoms with Gasteiger partial charge in [-0.05, 0) is 24.6 Å². The Hall–Kier alpha value is -1.89. The molecule has 1 aromatic rings. The van der Waals surface area contributed by atoms with E-state index in [1.807, 2.05) is 6.07 Å². The van der Waals surface area contributed by atoms with Crippen LogP contribution in [0.5, 0.6) is 0 Å². The van der Waals surface area contributed by atoms with E-state index in [2.05, 4.69) is 5.32 Å². The molecular formula is C11H11FN2O. The molecule has 0 saturated heterocycles. The smallest absolute Gasteiger partial charge is 0.252 e. The van der Waals surface area contributed by atoms with Crippen LogP contribution in [0.1, 0.15) is 23.7 Å². The second-order valence-corrected chi connectivity index (χ2v) is 3.07. The van der Waals surface area contributed by atoms with E-state index in [4.69, 9.17) is 5.26 Å². The summed E-state index contributed by atoms with van der Waals surface area (Å²) in [6, 6.07) is 6.77. The predicted octanol–water partition coefficient (Wildman–Crippen LogP) is 1.86. The van der Waals surface area contributed by atoms with Crippen LogP contribution in [0.2, 0.25) is 0 Å². The van der Waals surface area contributed by atoms with Crippen LogP contribution < -0.4 is 5.32 Å². The van der Waals surface area contributed by atoms with E-state index in [-0.39, 0.29) is 5.56 Å². The number of carbonyl (C=O) groups is 1. The molecule has 0 spiro atoms. The lowest BCUT2D eigenvalue weighted by Gasteiger charge is -2.08. The van der Waals surface area contributed by atoms with Crippen LogP contribution in [0.15, 0.2) is 24.3 Å². The van der Waals surface area contributed by atoms with Crippen molar-refractivity contribution in [3.63, 3.8) is 0 Å². The van der Waals surface area contributed by atoms with Gasteiger partial charge in [-0.1, -0.05) is 13.0 Å². The summed E-state index contributed by atoms with van der Waals surface area (Å²) >= 11 is 0. The zero-order valence-electron chi connectivity index (χ0n) is 8.33. The Morgan fingerprint density at radius 3 is 2.93 bits per heavy atom. The minimum Gasteiger partial charge on any atom is -0.336 e. The fourth-order valence-corrected chi connectivity index (χ4v) is 1.10. The lowest BCUT2D eigenvalue weighted by Crippen LogP contribution is -2.33. The number of nitrogens with one attached hydrogen (secondary N) is 1. The number of amides is 1. The first-order valence-corrected chi connectivity index (χ1v) is 4.63. The van der Waals surface area contributed by atoms with Crippen LogP contribution in [0.25, 0.3) is 0 Å². The monoisotopic (exact) mass is 206 g/mol. The Morgan fingerprint density at radius 1 is 1.67 bits per heavy atom. The molecular weight excluding hydrogens is 195 g/mol. The summed E-state index contributed by atoms with van der Waals surface area (Å²) in [6.07, 6.45) is 0.525. The van der Waals surface area contributed by atoms with Crippen molar-refractivity contribution >= 4 is 5.91 Å². The number of benzene rings is 1. The molecule has 1 N–H and O–H groups in total. The van der Waals surface area contributed by atoms with Gasteiger partial charge in [0.05, 0.1) is 6.07 Å². The number of rotatable bonds is 3. The molecule has 0 heterocycles. The van der Waals surface area contributed by atoms with Gasteiger partial charge in [0, 0.05) is 5.56 Å². The van der Waals surface area contributed by atoms with Gasteiger partial charge in [0.25, 0.3) is 5.91 Å². The SMILES string of the molecule is CCC(C#N)NC(=O)c1cccc(F)c1. The van der Waals surface area contributed by atoms with Crippen molar-refractivity contribution in [3.8, 4) is 6.07 Å². The first-order chi connectivity index (χ1) is 7.17. The number of nitrogens with zero attached hydrogens (tertiary/aromatic N) is 1. The van der Waals surface area contributed by atoms with Crippen LogP contribution in [-0.2, 0) is 0 Å². The van der Waals surface area contributed by atoms with Gasteiger partial charge in [0.1, 0.15) is 11.9 Å². The average molecular weight is 206 g/mol. The van der Waals surface area contributed by atoms with Gasteiger partial charge in [0.15, 0.2) is 0 Å². The van der Waals surface area contributed by atoms with Crippen LogP contribution >= 0.6 is 0 Å². The third-order valence-electron chi connectivity index (χ3n) is 1.96. The molecule has 15 heavy (non-hydrogen) atoms. The molecule has 0 bridgehead atoms. The van der Waals surface area contributed by atoms with E-state index in [1.165, 1.54) is 18.2 Å². The number of halogens is 1. The van der Waals surface area contributed by atoms with Crippen molar-refractivity contribution in [2.24, 2.45) is 0 Å². The van der Waals surface area contributed by atoms with Crippen molar-refractivity contribution in [2.75, 3.05) is 0 Å². The average Bonchev–Trinajstić information content (AvgIpc) is 2.25. The van der Waals surface area contributed by atoms with Gasteiger partial charge in [-0.2, -0.15) is 5.26 Å². The molecule has 78 valence electrons. The minimum atomic E-state index is -0.527. The standard InChI is InChI=1S/C11H11FN2O/c1-2-10(7-13)14-11(15)8-4-3-5-9(12)6-8/h3-6,10H,2H2,1H3,(H,14,15). The quantitative estimate of drug-likeness (QED) is 0.820. The van der Waals surface area contributed by atoms with E-state index >= 15 is 0 Å². The lowest BCUT2D eigenvalue weighted by molar-refractivity contribution is 0.0944. The Bertz CT molecular complexity index is 398. The van der Waals surface area contributed by atoms with Crippen molar-refractivity contribution in [3.05, 3.63) is 35.6 Å². The van der Waals surface area contributed by atoms with Crippen LogP contribution in [0, 0.1) is 17.1 Å². The van der Waals surface area contributed by atoms with Gasteiger partial charge < -0.3 is 5.32 Å². The maximum absolute atomic E-state index is 12.8.